The summed E-state index contributed by atoms with van der Waals surface area (Å²) in [4.78, 5) is 27.4. The van der Waals surface area contributed by atoms with Crippen LogP contribution in [0.5, 0.6) is 0 Å². The lowest BCUT2D eigenvalue weighted by molar-refractivity contribution is -0.119. The summed E-state index contributed by atoms with van der Waals surface area (Å²) < 4.78 is 5.15. The van der Waals surface area contributed by atoms with Crippen LogP contribution in [-0.4, -0.2) is 46.0 Å². The summed E-state index contributed by atoms with van der Waals surface area (Å²) in [6.45, 7) is 5.85. The molecular formula is C18H28ClN3O4. The Morgan fingerprint density at radius 1 is 1.27 bits per heavy atom. The number of carbonyl (C=O) groups is 2. The van der Waals surface area contributed by atoms with Crippen LogP contribution < -0.4 is 10.6 Å². The van der Waals surface area contributed by atoms with E-state index in [0.29, 0.717) is 31.4 Å². The summed E-state index contributed by atoms with van der Waals surface area (Å²) in [6.07, 6.45) is 3.57. The van der Waals surface area contributed by atoms with Gasteiger partial charge in [-0.05, 0) is 57.7 Å². The van der Waals surface area contributed by atoms with Gasteiger partial charge in [-0.25, -0.2) is 4.79 Å². The predicted octanol–water partition coefficient (Wildman–Crippen LogP) is 2.53. The van der Waals surface area contributed by atoms with Crippen molar-refractivity contribution in [2.24, 2.45) is 0 Å². The number of ether oxygens (including phenoxy) is 1. The van der Waals surface area contributed by atoms with Crippen LogP contribution in [0.15, 0.2) is 24.5 Å². The maximum Gasteiger partial charge on any atom is 0.407 e. The highest BCUT2D eigenvalue weighted by Crippen LogP contribution is 2.12. The van der Waals surface area contributed by atoms with Crippen molar-refractivity contribution in [2.45, 2.75) is 57.9 Å². The summed E-state index contributed by atoms with van der Waals surface area (Å²) >= 11 is 5.66. The van der Waals surface area contributed by atoms with E-state index in [0.717, 1.165) is 0 Å². The number of pyridine rings is 1. The zero-order valence-corrected chi connectivity index (χ0v) is 16.3. The number of aromatic nitrogens is 1. The number of amides is 1. The van der Waals surface area contributed by atoms with E-state index in [9.17, 15) is 14.7 Å². The van der Waals surface area contributed by atoms with Crippen molar-refractivity contribution in [3.8, 4) is 0 Å². The molecule has 1 heterocycles. The second kappa shape index (κ2) is 11.1. The second-order valence-electron chi connectivity index (χ2n) is 6.93. The van der Waals surface area contributed by atoms with Crippen molar-refractivity contribution >= 4 is 23.5 Å². The zero-order chi connectivity index (χ0) is 19.6. The normalized spacial score (nSPS) is 13.7. The van der Waals surface area contributed by atoms with Crippen LogP contribution in [0.1, 0.15) is 51.8 Å². The van der Waals surface area contributed by atoms with Crippen LogP contribution in [0, 0.1) is 0 Å². The molecule has 0 fully saturated rings. The van der Waals surface area contributed by atoms with E-state index in [1.807, 2.05) is 0 Å². The zero-order valence-electron chi connectivity index (χ0n) is 15.5. The number of halogens is 1. The third-order valence-corrected chi connectivity index (χ3v) is 3.75. The number of carbonyl (C=O) groups excluding carboxylic acids is 2. The number of aliphatic hydroxyl groups excluding tert-OH is 1. The number of ketones is 1. The smallest absolute Gasteiger partial charge is 0.407 e. The largest absolute Gasteiger partial charge is 0.444 e. The number of nitrogens with one attached hydrogen (secondary N) is 2. The van der Waals surface area contributed by atoms with Crippen molar-refractivity contribution in [3.63, 3.8) is 0 Å². The molecule has 1 rings (SSSR count). The highest BCUT2D eigenvalue weighted by molar-refractivity contribution is 6.28. The monoisotopic (exact) mass is 385 g/mol. The molecule has 0 aliphatic carbocycles. The van der Waals surface area contributed by atoms with Crippen LogP contribution >= 0.6 is 11.6 Å². The minimum absolute atomic E-state index is 0.128. The van der Waals surface area contributed by atoms with E-state index in [-0.39, 0.29) is 11.7 Å². The molecule has 8 heteroatoms. The van der Waals surface area contributed by atoms with E-state index in [1.165, 1.54) is 0 Å². The molecule has 26 heavy (non-hydrogen) atoms. The molecule has 0 spiro atoms. The van der Waals surface area contributed by atoms with Crippen LogP contribution in [0.2, 0.25) is 0 Å². The van der Waals surface area contributed by atoms with Crippen LogP contribution in [0.4, 0.5) is 4.79 Å². The molecule has 1 unspecified atom stereocenters. The van der Waals surface area contributed by atoms with Crippen molar-refractivity contribution < 1.29 is 19.4 Å². The van der Waals surface area contributed by atoms with E-state index < -0.39 is 24.0 Å². The first-order chi connectivity index (χ1) is 12.2. The van der Waals surface area contributed by atoms with Gasteiger partial charge in [-0.3, -0.25) is 15.1 Å². The Morgan fingerprint density at radius 3 is 2.50 bits per heavy atom. The molecule has 0 radical (unpaired) electrons. The number of rotatable bonds is 10. The number of unbranched alkanes of at least 4 members (excludes halogenated alkanes) is 1. The standard InChI is InChI=1S/C18H28ClN3O4/c1-18(2,3)26-17(25)21-9-5-4-6-14(15(23)12-19)22-16(24)13-7-10-20-11-8-13/h7-8,10-11,14,16,22,24H,4-6,9,12H2,1-3H3,(H,21,25)/t14-,16?/m0/s1. The average Bonchev–Trinajstić information content (AvgIpc) is 2.58. The Labute approximate surface area is 159 Å². The van der Waals surface area contributed by atoms with Crippen LogP contribution in [-0.2, 0) is 9.53 Å². The fraction of sp³-hybridized carbons (Fsp3) is 0.611. The van der Waals surface area contributed by atoms with Gasteiger partial charge in [0, 0.05) is 18.9 Å². The minimum atomic E-state index is -0.977. The van der Waals surface area contributed by atoms with Gasteiger partial charge < -0.3 is 15.2 Å². The number of hydrogen-bond acceptors (Lipinski definition) is 6. The van der Waals surface area contributed by atoms with E-state index >= 15 is 0 Å². The molecule has 2 atom stereocenters. The van der Waals surface area contributed by atoms with Gasteiger partial charge in [-0.15, -0.1) is 11.6 Å². The second-order valence-corrected chi connectivity index (χ2v) is 7.19. The molecule has 1 aromatic heterocycles. The molecule has 0 aliphatic rings. The molecule has 7 nitrogen and oxygen atoms in total. The molecular weight excluding hydrogens is 358 g/mol. The summed E-state index contributed by atoms with van der Waals surface area (Å²) in [5.41, 5.74) is 0.0913. The quantitative estimate of drug-likeness (QED) is 0.325. The van der Waals surface area contributed by atoms with Gasteiger partial charge in [0.15, 0.2) is 5.78 Å². The van der Waals surface area contributed by atoms with Crippen molar-refractivity contribution in [2.75, 3.05) is 12.4 Å². The Balaban J connectivity index is 2.39. The molecule has 3 N–H and O–H groups in total. The Morgan fingerprint density at radius 2 is 1.92 bits per heavy atom. The lowest BCUT2D eigenvalue weighted by Gasteiger charge is -2.21. The van der Waals surface area contributed by atoms with Gasteiger partial charge in [-0.2, -0.15) is 0 Å². The van der Waals surface area contributed by atoms with Gasteiger partial charge in [0.05, 0.1) is 11.9 Å². The Hall–Kier alpha value is -1.70. The topological polar surface area (TPSA) is 101 Å². The van der Waals surface area contributed by atoms with Gasteiger partial charge in [0.1, 0.15) is 11.8 Å². The van der Waals surface area contributed by atoms with Gasteiger partial charge in [0.25, 0.3) is 0 Å². The number of hydrogen-bond donors (Lipinski definition) is 3. The van der Waals surface area contributed by atoms with Crippen molar-refractivity contribution in [1.82, 2.24) is 15.6 Å². The summed E-state index contributed by atoms with van der Waals surface area (Å²) in [6, 6.07) is 2.78. The molecule has 0 aliphatic heterocycles. The predicted molar refractivity (Wildman–Crippen MR) is 99.9 cm³/mol. The van der Waals surface area contributed by atoms with Gasteiger partial charge in [0.2, 0.25) is 0 Å². The number of Topliss-reactive ketones (excluding diaryl/α,β-unsaturated/α-hetero) is 1. The Kier molecular flexibility index (Phi) is 9.54. The lowest BCUT2D eigenvalue weighted by atomic mass is 10.1. The summed E-state index contributed by atoms with van der Waals surface area (Å²) in [5.74, 6) is -0.309. The minimum Gasteiger partial charge on any atom is -0.444 e. The molecule has 0 aromatic carbocycles. The third kappa shape index (κ3) is 9.12. The number of nitrogens with zero attached hydrogens (tertiary/aromatic N) is 1. The molecule has 0 saturated heterocycles. The molecule has 146 valence electrons. The number of alkyl halides is 1. The fourth-order valence-electron chi connectivity index (χ4n) is 2.24. The molecule has 1 aromatic rings. The molecule has 0 bridgehead atoms. The fourth-order valence-corrected chi connectivity index (χ4v) is 2.43. The first-order valence-corrected chi connectivity index (χ1v) is 9.16. The van der Waals surface area contributed by atoms with E-state index in [1.54, 1.807) is 45.3 Å². The van der Waals surface area contributed by atoms with Crippen molar-refractivity contribution in [3.05, 3.63) is 30.1 Å². The first-order valence-electron chi connectivity index (χ1n) is 8.62. The maximum atomic E-state index is 12.0. The van der Waals surface area contributed by atoms with E-state index in [2.05, 4.69) is 15.6 Å². The number of aliphatic hydroxyl groups is 1. The van der Waals surface area contributed by atoms with E-state index in [4.69, 9.17) is 16.3 Å². The number of alkyl carbamates (subject to hydrolysis) is 1. The lowest BCUT2D eigenvalue weighted by Crippen LogP contribution is -2.40. The first kappa shape index (κ1) is 22.3. The average molecular weight is 386 g/mol. The third-order valence-electron chi connectivity index (χ3n) is 3.49. The summed E-state index contributed by atoms with van der Waals surface area (Å²) in [7, 11) is 0. The highest BCUT2D eigenvalue weighted by Gasteiger charge is 2.21. The van der Waals surface area contributed by atoms with Crippen LogP contribution in [0.25, 0.3) is 0 Å². The summed E-state index contributed by atoms with van der Waals surface area (Å²) in [5, 5.41) is 15.8. The Bertz CT molecular complexity index is 563. The molecule has 1 amide bonds. The van der Waals surface area contributed by atoms with Gasteiger partial charge >= 0.3 is 6.09 Å². The van der Waals surface area contributed by atoms with Gasteiger partial charge in [-0.1, -0.05) is 0 Å². The maximum absolute atomic E-state index is 12.0. The molecule has 0 saturated carbocycles. The van der Waals surface area contributed by atoms with Crippen LogP contribution in [0.3, 0.4) is 0 Å². The SMILES string of the molecule is CC(C)(C)OC(=O)NCCCC[C@H](NC(O)c1ccncc1)C(=O)CCl. The highest BCUT2D eigenvalue weighted by atomic mass is 35.5. The van der Waals surface area contributed by atoms with Crippen molar-refractivity contribution in [1.29, 1.82) is 0 Å².